The predicted molar refractivity (Wildman–Crippen MR) is 123 cm³/mol. The molecule has 3 aromatic rings. The van der Waals surface area contributed by atoms with Gasteiger partial charge in [-0.3, -0.25) is 4.79 Å². The van der Waals surface area contributed by atoms with Gasteiger partial charge in [0.1, 0.15) is 5.75 Å². The molecule has 35 heavy (non-hydrogen) atoms. The van der Waals surface area contributed by atoms with Gasteiger partial charge < -0.3 is 9.84 Å². The summed E-state index contributed by atoms with van der Waals surface area (Å²) >= 11 is 0. The Morgan fingerprint density at radius 1 is 1.11 bits per heavy atom. The summed E-state index contributed by atoms with van der Waals surface area (Å²) in [4.78, 5) is 11.1. The van der Waals surface area contributed by atoms with Gasteiger partial charge in [-0.1, -0.05) is 36.4 Å². The molecule has 2 aliphatic rings. The van der Waals surface area contributed by atoms with Crippen LogP contribution in [0, 0.1) is 11.3 Å². The second kappa shape index (κ2) is 8.77. The van der Waals surface area contributed by atoms with Crippen LogP contribution in [0.5, 0.6) is 5.75 Å². The molecule has 0 unspecified atom stereocenters. The molecule has 3 aromatic carbocycles. The Kier molecular flexibility index (Phi) is 5.76. The van der Waals surface area contributed by atoms with Crippen LogP contribution in [0.1, 0.15) is 69.2 Å². The molecule has 178 valence electrons. The quantitative estimate of drug-likeness (QED) is 0.475. The van der Waals surface area contributed by atoms with E-state index in [0.717, 1.165) is 22.8 Å². The van der Waals surface area contributed by atoms with E-state index in [1.54, 1.807) is 30.3 Å². The highest BCUT2D eigenvalue weighted by Crippen LogP contribution is 2.46. The highest BCUT2D eigenvalue weighted by Gasteiger charge is 2.38. The van der Waals surface area contributed by atoms with Crippen molar-refractivity contribution in [1.29, 1.82) is 5.26 Å². The standard InChI is InChI=1S/C28H22F3NO3/c29-28(30,31)25-10-9-22-20(17-5-6-21-19(13-27(33)34)15-35-26(21)12-17)7-8-23(22)24(25)11-16-3-1-2-4-18(16)14-32/h1-6,9-10,12,19-20H,7-8,11,13,15H2,(H,33,34)/t19-,20-/m1/s1. The Morgan fingerprint density at radius 2 is 1.89 bits per heavy atom. The van der Waals surface area contributed by atoms with E-state index in [2.05, 4.69) is 6.07 Å². The van der Waals surface area contributed by atoms with E-state index in [-0.39, 0.29) is 30.2 Å². The van der Waals surface area contributed by atoms with Gasteiger partial charge in [-0.2, -0.15) is 18.4 Å². The summed E-state index contributed by atoms with van der Waals surface area (Å²) in [6.45, 7) is 0.309. The number of alkyl halides is 3. The molecule has 2 atom stereocenters. The van der Waals surface area contributed by atoms with Gasteiger partial charge in [-0.25, -0.2) is 0 Å². The molecule has 5 rings (SSSR count). The number of carboxylic acids is 1. The minimum absolute atomic E-state index is 0.00758. The van der Waals surface area contributed by atoms with Crippen molar-refractivity contribution in [3.05, 3.63) is 99.1 Å². The molecule has 7 heteroatoms. The lowest BCUT2D eigenvalue weighted by atomic mass is 9.87. The maximum atomic E-state index is 14.0. The van der Waals surface area contributed by atoms with Crippen molar-refractivity contribution in [1.82, 2.24) is 0 Å². The lowest BCUT2D eigenvalue weighted by molar-refractivity contribution is -0.138. The molecule has 0 spiro atoms. The molecule has 0 saturated heterocycles. The smallest absolute Gasteiger partial charge is 0.416 e. The maximum absolute atomic E-state index is 14.0. The maximum Gasteiger partial charge on any atom is 0.416 e. The van der Waals surface area contributed by atoms with Crippen LogP contribution in [-0.4, -0.2) is 17.7 Å². The van der Waals surface area contributed by atoms with Gasteiger partial charge in [0.2, 0.25) is 0 Å². The lowest BCUT2D eigenvalue weighted by Gasteiger charge is -2.19. The van der Waals surface area contributed by atoms with Gasteiger partial charge in [-0.05, 0) is 65.3 Å². The van der Waals surface area contributed by atoms with E-state index in [1.807, 2.05) is 18.2 Å². The highest BCUT2D eigenvalue weighted by atomic mass is 19.4. The van der Waals surface area contributed by atoms with Gasteiger partial charge in [0, 0.05) is 17.4 Å². The molecule has 0 aromatic heterocycles. The summed E-state index contributed by atoms with van der Waals surface area (Å²) in [6.07, 6.45) is -3.29. The number of nitrogens with zero attached hydrogens (tertiary/aromatic N) is 1. The molecule has 1 aliphatic heterocycles. The van der Waals surface area contributed by atoms with E-state index in [0.29, 0.717) is 41.9 Å². The van der Waals surface area contributed by atoms with Crippen molar-refractivity contribution in [2.75, 3.05) is 6.61 Å². The number of ether oxygens (including phenoxy) is 1. The molecule has 0 radical (unpaired) electrons. The number of carboxylic acid groups (broad SMARTS) is 1. The molecule has 0 bridgehead atoms. The van der Waals surface area contributed by atoms with Crippen molar-refractivity contribution < 1.29 is 27.8 Å². The summed E-state index contributed by atoms with van der Waals surface area (Å²) in [5, 5.41) is 18.6. The van der Waals surface area contributed by atoms with E-state index < -0.39 is 17.7 Å². The number of hydrogen-bond donors (Lipinski definition) is 1. The first-order valence-corrected chi connectivity index (χ1v) is 11.4. The number of rotatable bonds is 5. The third-order valence-corrected chi connectivity index (χ3v) is 7.08. The lowest BCUT2D eigenvalue weighted by Crippen LogP contribution is -2.13. The summed E-state index contributed by atoms with van der Waals surface area (Å²) in [5.41, 5.74) is 3.90. The number of carbonyl (C=O) groups is 1. The van der Waals surface area contributed by atoms with E-state index in [1.165, 1.54) is 0 Å². The van der Waals surface area contributed by atoms with Gasteiger partial charge in [0.05, 0.1) is 30.2 Å². The molecule has 4 nitrogen and oxygen atoms in total. The fraction of sp³-hybridized carbons (Fsp3) is 0.286. The third kappa shape index (κ3) is 4.25. The Labute approximate surface area is 200 Å². The average Bonchev–Trinajstić information content (AvgIpc) is 3.42. The first kappa shape index (κ1) is 23.0. The Bertz CT molecular complexity index is 1360. The highest BCUT2D eigenvalue weighted by molar-refractivity contribution is 5.69. The molecule has 1 aliphatic carbocycles. The van der Waals surface area contributed by atoms with E-state index >= 15 is 0 Å². The molecule has 0 saturated carbocycles. The SMILES string of the molecule is N#Cc1ccccc1Cc1c(C(F)(F)F)ccc2c1CC[C@@H]2c1ccc2c(c1)OC[C@H]2CC(=O)O. The van der Waals surface area contributed by atoms with E-state index in [9.17, 15) is 23.2 Å². The number of nitriles is 1. The Hall–Kier alpha value is -3.79. The van der Waals surface area contributed by atoms with Crippen molar-refractivity contribution in [2.24, 2.45) is 0 Å². The van der Waals surface area contributed by atoms with Gasteiger partial charge in [-0.15, -0.1) is 0 Å². The molecule has 0 fully saturated rings. The number of hydrogen-bond acceptors (Lipinski definition) is 3. The van der Waals surface area contributed by atoms with Crippen molar-refractivity contribution in [3.8, 4) is 11.8 Å². The summed E-state index contributed by atoms with van der Waals surface area (Å²) in [6, 6.07) is 17.3. The van der Waals surface area contributed by atoms with Crippen LogP contribution in [0.2, 0.25) is 0 Å². The first-order chi connectivity index (χ1) is 16.8. The van der Waals surface area contributed by atoms with Gasteiger partial charge >= 0.3 is 12.1 Å². The average molecular weight is 477 g/mol. The topological polar surface area (TPSA) is 70.3 Å². The van der Waals surface area contributed by atoms with Crippen LogP contribution >= 0.6 is 0 Å². The summed E-state index contributed by atoms with van der Waals surface area (Å²) in [7, 11) is 0. The number of aliphatic carboxylic acids is 1. The molecule has 0 amide bonds. The van der Waals surface area contributed by atoms with Crippen LogP contribution in [0.3, 0.4) is 0 Å². The number of benzene rings is 3. The Balaban J connectivity index is 1.54. The zero-order valence-electron chi connectivity index (χ0n) is 18.7. The minimum atomic E-state index is -4.50. The van der Waals surface area contributed by atoms with Crippen LogP contribution in [0.15, 0.2) is 54.6 Å². The monoisotopic (exact) mass is 477 g/mol. The largest absolute Gasteiger partial charge is 0.493 e. The normalized spacial score (nSPS) is 18.5. The molecule has 1 N–H and O–H groups in total. The Morgan fingerprint density at radius 3 is 2.63 bits per heavy atom. The van der Waals surface area contributed by atoms with Crippen LogP contribution in [0.25, 0.3) is 0 Å². The fourth-order valence-corrected chi connectivity index (χ4v) is 5.45. The van der Waals surface area contributed by atoms with Crippen molar-refractivity contribution >= 4 is 5.97 Å². The number of fused-ring (bicyclic) bond motifs is 2. The van der Waals surface area contributed by atoms with Crippen LogP contribution in [0.4, 0.5) is 13.2 Å². The van der Waals surface area contributed by atoms with Crippen molar-refractivity contribution in [3.63, 3.8) is 0 Å². The van der Waals surface area contributed by atoms with Crippen molar-refractivity contribution in [2.45, 2.75) is 43.7 Å². The number of halogens is 3. The second-order valence-corrected chi connectivity index (χ2v) is 9.10. The van der Waals surface area contributed by atoms with E-state index in [4.69, 9.17) is 9.84 Å². The zero-order chi connectivity index (χ0) is 24.7. The summed E-state index contributed by atoms with van der Waals surface area (Å²) < 4.78 is 47.7. The van der Waals surface area contributed by atoms with Crippen LogP contribution in [-0.2, 0) is 23.8 Å². The van der Waals surface area contributed by atoms with Gasteiger partial charge in [0.25, 0.3) is 0 Å². The van der Waals surface area contributed by atoms with Gasteiger partial charge in [0.15, 0.2) is 0 Å². The molecular weight excluding hydrogens is 455 g/mol. The second-order valence-electron chi connectivity index (χ2n) is 9.10. The first-order valence-electron chi connectivity index (χ1n) is 11.4. The third-order valence-electron chi connectivity index (χ3n) is 7.08. The molecule has 1 heterocycles. The fourth-order valence-electron chi connectivity index (χ4n) is 5.45. The molecular formula is C28H22F3NO3. The van der Waals surface area contributed by atoms with Crippen LogP contribution < -0.4 is 4.74 Å². The summed E-state index contributed by atoms with van der Waals surface area (Å²) in [5.74, 6) is -0.512. The zero-order valence-corrected chi connectivity index (χ0v) is 18.7. The minimum Gasteiger partial charge on any atom is -0.493 e. The predicted octanol–water partition coefficient (Wildman–Crippen LogP) is 6.20.